The van der Waals surface area contributed by atoms with Gasteiger partial charge in [-0.3, -0.25) is 0 Å². The minimum Gasteiger partial charge on any atom is -0.480 e. The number of amides is 2. The Morgan fingerprint density at radius 1 is 1.20 bits per heavy atom. The average Bonchev–Trinajstić information content (AvgIpc) is 2.35. The lowest BCUT2D eigenvalue weighted by atomic mass is 9.87. The third kappa shape index (κ3) is 4.57. The SMILES string of the molecule is CCc1ccc(NC(=O)N[C@@H](C(=O)O)C(C)(C)C)cc1. The molecule has 0 bridgehead atoms. The standard InChI is InChI=1S/C15H22N2O3/c1-5-10-6-8-11(9-7-10)16-14(20)17-12(13(18)19)15(2,3)4/h6-9,12H,5H2,1-4H3,(H,18,19)(H2,16,17,20)/t12-/m0/s1. The molecular weight excluding hydrogens is 256 g/mol. The van der Waals surface area contributed by atoms with Crippen LogP contribution in [0.25, 0.3) is 0 Å². The molecule has 0 aliphatic heterocycles. The Balaban J connectivity index is 2.68. The number of carboxylic acid groups (broad SMARTS) is 1. The van der Waals surface area contributed by atoms with Crippen molar-refractivity contribution in [1.29, 1.82) is 0 Å². The highest BCUT2D eigenvalue weighted by molar-refractivity contribution is 5.92. The highest BCUT2D eigenvalue weighted by Gasteiger charge is 2.32. The van der Waals surface area contributed by atoms with Crippen LogP contribution in [0.3, 0.4) is 0 Å². The Bertz CT molecular complexity index is 475. The van der Waals surface area contributed by atoms with Crippen molar-refractivity contribution in [1.82, 2.24) is 5.32 Å². The van der Waals surface area contributed by atoms with Gasteiger partial charge in [-0.15, -0.1) is 0 Å². The van der Waals surface area contributed by atoms with E-state index < -0.39 is 23.5 Å². The summed E-state index contributed by atoms with van der Waals surface area (Å²) in [6.07, 6.45) is 0.928. The second kappa shape index (κ2) is 6.41. The first-order valence-electron chi connectivity index (χ1n) is 6.63. The van der Waals surface area contributed by atoms with Crippen molar-refractivity contribution in [2.75, 3.05) is 5.32 Å². The van der Waals surface area contributed by atoms with E-state index in [1.165, 1.54) is 5.56 Å². The molecule has 5 heteroatoms. The topological polar surface area (TPSA) is 78.4 Å². The molecule has 0 heterocycles. The zero-order valence-corrected chi connectivity index (χ0v) is 12.4. The molecule has 110 valence electrons. The molecule has 3 N–H and O–H groups in total. The van der Waals surface area contributed by atoms with Crippen molar-refractivity contribution < 1.29 is 14.7 Å². The van der Waals surface area contributed by atoms with Gasteiger partial charge in [-0.1, -0.05) is 39.8 Å². The van der Waals surface area contributed by atoms with Gasteiger partial charge in [-0.2, -0.15) is 0 Å². The van der Waals surface area contributed by atoms with E-state index in [9.17, 15) is 9.59 Å². The number of aliphatic carboxylic acids is 1. The van der Waals surface area contributed by atoms with Gasteiger partial charge in [-0.25, -0.2) is 9.59 Å². The van der Waals surface area contributed by atoms with Crippen molar-refractivity contribution in [2.24, 2.45) is 5.41 Å². The average molecular weight is 278 g/mol. The van der Waals surface area contributed by atoms with Gasteiger partial charge in [0.05, 0.1) is 0 Å². The molecule has 1 aromatic rings. The maximum Gasteiger partial charge on any atom is 0.326 e. The molecule has 0 unspecified atom stereocenters. The first-order chi connectivity index (χ1) is 9.24. The van der Waals surface area contributed by atoms with Gasteiger partial charge in [0.1, 0.15) is 6.04 Å². The zero-order chi connectivity index (χ0) is 15.3. The van der Waals surface area contributed by atoms with Crippen molar-refractivity contribution in [3.8, 4) is 0 Å². The van der Waals surface area contributed by atoms with Crippen LogP contribution in [0.4, 0.5) is 10.5 Å². The molecule has 0 spiro atoms. The van der Waals surface area contributed by atoms with Crippen LogP contribution in [0.5, 0.6) is 0 Å². The molecule has 0 aromatic heterocycles. The molecular formula is C15H22N2O3. The predicted molar refractivity (Wildman–Crippen MR) is 78.9 cm³/mol. The number of aryl methyl sites for hydroxylation is 1. The minimum atomic E-state index is -1.05. The summed E-state index contributed by atoms with van der Waals surface area (Å²) in [6, 6.07) is 5.98. The van der Waals surface area contributed by atoms with Gasteiger partial charge in [0.2, 0.25) is 0 Å². The van der Waals surface area contributed by atoms with Crippen LogP contribution in [0.1, 0.15) is 33.3 Å². The molecule has 1 atom stereocenters. The molecule has 5 nitrogen and oxygen atoms in total. The normalized spacial score (nSPS) is 12.6. The Morgan fingerprint density at radius 3 is 2.15 bits per heavy atom. The van der Waals surface area contributed by atoms with E-state index >= 15 is 0 Å². The summed E-state index contributed by atoms with van der Waals surface area (Å²) in [5.74, 6) is -1.05. The first-order valence-corrected chi connectivity index (χ1v) is 6.63. The smallest absolute Gasteiger partial charge is 0.326 e. The number of rotatable bonds is 4. The molecule has 1 aromatic carbocycles. The quantitative estimate of drug-likeness (QED) is 0.792. The van der Waals surface area contributed by atoms with Gasteiger partial charge in [0, 0.05) is 5.69 Å². The molecule has 20 heavy (non-hydrogen) atoms. The number of nitrogens with one attached hydrogen (secondary N) is 2. The Labute approximate surface area is 119 Å². The van der Waals surface area contributed by atoms with Gasteiger partial charge in [0.15, 0.2) is 0 Å². The lowest BCUT2D eigenvalue weighted by molar-refractivity contribution is -0.141. The Kier molecular flexibility index (Phi) is 5.13. The van der Waals surface area contributed by atoms with Crippen LogP contribution in [0, 0.1) is 5.41 Å². The third-order valence-electron chi connectivity index (χ3n) is 3.01. The zero-order valence-electron chi connectivity index (χ0n) is 12.4. The number of hydrogen-bond donors (Lipinski definition) is 3. The van der Waals surface area contributed by atoms with Crippen LogP contribution >= 0.6 is 0 Å². The summed E-state index contributed by atoms with van der Waals surface area (Å²) in [7, 11) is 0. The van der Waals surface area contributed by atoms with Crippen molar-refractivity contribution in [3.63, 3.8) is 0 Å². The Hall–Kier alpha value is -2.04. The van der Waals surface area contributed by atoms with Crippen molar-refractivity contribution in [2.45, 2.75) is 40.2 Å². The maximum absolute atomic E-state index is 11.8. The molecule has 0 aliphatic carbocycles. The second-order valence-electron chi connectivity index (χ2n) is 5.79. The number of carbonyl (C=O) groups excluding carboxylic acids is 1. The van der Waals surface area contributed by atoms with E-state index in [0.29, 0.717) is 5.69 Å². The fourth-order valence-corrected chi connectivity index (χ4v) is 1.77. The molecule has 0 saturated heterocycles. The fourth-order valence-electron chi connectivity index (χ4n) is 1.77. The van der Waals surface area contributed by atoms with Crippen LogP contribution in [-0.4, -0.2) is 23.1 Å². The minimum absolute atomic E-state index is 0.517. The van der Waals surface area contributed by atoms with Gasteiger partial charge in [-0.05, 0) is 29.5 Å². The summed E-state index contributed by atoms with van der Waals surface area (Å²) in [5.41, 5.74) is 1.25. The number of hydrogen-bond acceptors (Lipinski definition) is 2. The summed E-state index contributed by atoms with van der Waals surface area (Å²) in [6.45, 7) is 7.35. The lowest BCUT2D eigenvalue weighted by Crippen LogP contribution is -2.50. The molecule has 0 saturated carbocycles. The van der Waals surface area contributed by atoms with Gasteiger partial charge < -0.3 is 15.7 Å². The maximum atomic E-state index is 11.8. The lowest BCUT2D eigenvalue weighted by Gasteiger charge is -2.27. The number of carboxylic acids is 1. The van der Waals surface area contributed by atoms with E-state index in [1.54, 1.807) is 32.9 Å². The third-order valence-corrected chi connectivity index (χ3v) is 3.01. The van der Waals surface area contributed by atoms with Crippen molar-refractivity contribution in [3.05, 3.63) is 29.8 Å². The highest BCUT2D eigenvalue weighted by Crippen LogP contribution is 2.19. The van der Waals surface area contributed by atoms with E-state index in [4.69, 9.17) is 5.11 Å². The second-order valence-corrected chi connectivity index (χ2v) is 5.79. The van der Waals surface area contributed by atoms with Crippen LogP contribution in [0.2, 0.25) is 0 Å². The van der Waals surface area contributed by atoms with Gasteiger partial charge >= 0.3 is 12.0 Å². The van der Waals surface area contributed by atoms with Crippen LogP contribution in [-0.2, 0) is 11.2 Å². The van der Waals surface area contributed by atoms with Crippen LogP contribution in [0.15, 0.2) is 24.3 Å². The summed E-state index contributed by atoms with van der Waals surface area (Å²) in [4.78, 5) is 23.0. The molecule has 2 amide bonds. The number of urea groups is 1. The highest BCUT2D eigenvalue weighted by atomic mass is 16.4. The van der Waals surface area contributed by atoms with E-state index in [1.807, 2.05) is 12.1 Å². The predicted octanol–water partition coefficient (Wildman–Crippen LogP) is 2.87. The summed E-state index contributed by atoms with van der Waals surface area (Å²) >= 11 is 0. The van der Waals surface area contributed by atoms with E-state index in [2.05, 4.69) is 17.6 Å². The van der Waals surface area contributed by atoms with E-state index in [0.717, 1.165) is 6.42 Å². The molecule has 0 aliphatic rings. The number of carbonyl (C=O) groups is 2. The molecule has 0 radical (unpaired) electrons. The largest absolute Gasteiger partial charge is 0.480 e. The monoisotopic (exact) mass is 278 g/mol. The summed E-state index contributed by atoms with van der Waals surface area (Å²) in [5, 5.41) is 14.3. The number of benzene rings is 1. The van der Waals surface area contributed by atoms with E-state index in [-0.39, 0.29) is 0 Å². The van der Waals surface area contributed by atoms with Crippen molar-refractivity contribution >= 4 is 17.7 Å². The summed E-state index contributed by atoms with van der Waals surface area (Å²) < 4.78 is 0. The van der Waals surface area contributed by atoms with Crippen LogP contribution < -0.4 is 10.6 Å². The molecule has 1 rings (SSSR count). The molecule has 0 fully saturated rings. The van der Waals surface area contributed by atoms with Gasteiger partial charge in [0.25, 0.3) is 0 Å². The Morgan fingerprint density at radius 2 is 1.75 bits per heavy atom. The first kappa shape index (κ1) is 16.0. The number of anilines is 1. The fraction of sp³-hybridized carbons (Fsp3) is 0.467.